The minimum absolute atomic E-state index is 0.00294. The van der Waals surface area contributed by atoms with Crippen LogP contribution in [0.25, 0.3) is 0 Å². The van der Waals surface area contributed by atoms with Gasteiger partial charge >= 0.3 is 5.97 Å². The summed E-state index contributed by atoms with van der Waals surface area (Å²) in [6.07, 6.45) is 7.58. The lowest BCUT2D eigenvalue weighted by atomic mass is 9.90. The molecule has 2 nitrogen and oxygen atoms in total. The summed E-state index contributed by atoms with van der Waals surface area (Å²) in [5.74, 6) is -0.00294. The molecular weight excluding hydrogens is 188 g/mol. The second-order valence-corrected chi connectivity index (χ2v) is 5.81. The lowest BCUT2D eigenvalue weighted by Crippen LogP contribution is -2.21. The molecule has 0 aliphatic heterocycles. The predicted octanol–water partition coefficient (Wildman–Crippen LogP) is 3.69. The molecule has 0 aromatic carbocycles. The van der Waals surface area contributed by atoms with Crippen LogP contribution in [0.4, 0.5) is 0 Å². The van der Waals surface area contributed by atoms with Crippen molar-refractivity contribution in [2.24, 2.45) is 5.41 Å². The molecule has 1 saturated carbocycles. The molecule has 2 heteroatoms. The lowest BCUT2D eigenvalue weighted by Gasteiger charge is -2.23. The van der Waals surface area contributed by atoms with E-state index in [4.69, 9.17) is 4.74 Å². The van der Waals surface area contributed by atoms with E-state index in [0.29, 0.717) is 6.42 Å². The number of ether oxygens (including phenoxy) is 1. The number of esters is 1. The molecule has 0 aromatic heterocycles. The van der Waals surface area contributed by atoms with Gasteiger partial charge in [-0.1, -0.05) is 27.2 Å². The molecule has 88 valence electrons. The summed E-state index contributed by atoms with van der Waals surface area (Å²) in [5, 5.41) is 0. The van der Waals surface area contributed by atoms with Gasteiger partial charge < -0.3 is 4.74 Å². The number of hydrogen-bond donors (Lipinski definition) is 0. The number of hydrogen-bond acceptors (Lipinski definition) is 2. The molecule has 0 amide bonds. The van der Waals surface area contributed by atoms with E-state index in [1.807, 2.05) is 0 Å². The predicted molar refractivity (Wildman–Crippen MR) is 61.7 cm³/mol. The minimum Gasteiger partial charge on any atom is -0.462 e. The Balaban J connectivity index is 2.17. The Morgan fingerprint density at radius 1 is 1.20 bits per heavy atom. The van der Waals surface area contributed by atoms with Gasteiger partial charge in [0.25, 0.3) is 0 Å². The summed E-state index contributed by atoms with van der Waals surface area (Å²) in [4.78, 5) is 11.5. The van der Waals surface area contributed by atoms with Crippen LogP contribution in [0.5, 0.6) is 0 Å². The highest BCUT2D eigenvalue weighted by Crippen LogP contribution is 2.23. The number of carbonyl (C=O) groups excluding carboxylic acids is 1. The second-order valence-electron chi connectivity index (χ2n) is 5.81. The molecule has 1 rings (SSSR count). The van der Waals surface area contributed by atoms with E-state index in [0.717, 1.165) is 19.3 Å². The maximum Gasteiger partial charge on any atom is 0.306 e. The summed E-state index contributed by atoms with van der Waals surface area (Å²) in [7, 11) is 0. The Labute approximate surface area is 93.4 Å². The van der Waals surface area contributed by atoms with E-state index in [1.54, 1.807) is 0 Å². The van der Waals surface area contributed by atoms with E-state index in [2.05, 4.69) is 20.8 Å². The molecule has 0 bridgehead atoms. The molecule has 0 N–H and O–H groups in total. The maximum absolute atomic E-state index is 11.5. The summed E-state index contributed by atoms with van der Waals surface area (Å²) in [6.45, 7) is 6.46. The number of rotatable bonds is 3. The molecule has 0 spiro atoms. The Hall–Kier alpha value is -0.530. The van der Waals surface area contributed by atoms with Crippen molar-refractivity contribution in [2.75, 3.05) is 0 Å². The number of carbonyl (C=O) groups is 1. The van der Waals surface area contributed by atoms with Crippen molar-refractivity contribution in [1.29, 1.82) is 0 Å². The van der Waals surface area contributed by atoms with Crippen molar-refractivity contribution in [3.05, 3.63) is 0 Å². The minimum atomic E-state index is -0.00294. The van der Waals surface area contributed by atoms with Gasteiger partial charge in [0.1, 0.15) is 6.10 Å². The average molecular weight is 212 g/mol. The van der Waals surface area contributed by atoms with Crippen LogP contribution in [-0.2, 0) is 9.53 Å². The smallest absolute Gasteiger partial charge is 0.306 e. The zero-order chi connectivity index (χ0) is 11.3. The highest BCUT2D eigenvalue weighted by atomic mass is 16.5. The largest absolute Gasteiger partial charge is 0.462 e. The van der Waals surface area contributed by atoms with Gasteiger partial charge in [0.05, 0.1) is 0 Å². The molecule has 1 aliphatic carbocycles. The second kappa shape index (κ2) is 5.53. The maximum atomic E-state index is 11.5. The van der Waals surface area contributed by atoms with Gasteiger partial charge in [-0.05, 0) is 37.5 Å². The Bertz CT molecular complexity index is 197. The lowest BCUT2D eigenvalue weighted by molar-refractivity contribution is -0.151. The molecular formula is C13H24O2. The first-order valence-electron chi connectivity index (χ1n) is 6.17. The zero-order valence-electron chi connectivity index (χ0n) is 10.3. The van der Waals surface area contributed by atoms with E-state index >= 15 is 0 Å². The standard InChI is InChI=1S/C13H24O2/c1-13(2,3)10-9-12(14)15-11-7-5-4-6-8-11/h11H,4-10H2,1-3H3. The molecule has 0 saturated heterocycles. The van der Waals surface area contributed by atoms with Crippen molar-refractivity contribution in [1.82, 2.24) is 0 Å². The van der Waals surface area contributed by atoms with Crippen LogP contribution in [0, 0.1) is 5.41 Å². The Morgan fingerprint density at radius 2 is 1.80 bits per heavy atom. The van der Waals surface area contributed by atoms with Crippen LogP contribution < -0.4 is 0 Å². The van der Waals surface area contributed by atoms with Gasteiger partial charge in [0.15, 0.2) is 0 Å². The Morgan fingerprint density at radius 3 is 2.33 bits per heavy atom. The summed E-state index contributed by atoms with van der Waals surface area (Å²) in [5.41, 5.74) is 0.228. The molecule has 15 heavy (non-hydrogen) atoms. The summed E-state index contributed by atoms with van der Waals surface area (Å²) < 4.78 is 5.45. The monoisotopic (exact) mass is 212 g/mol. The van der Waals surface area contributed by atoms with Gasteiger partial charge in [-0.15, -0.1) is 0 Å². The van der Waals surface area contributed by atoms with Crippen molar-refractivity contribution in [3.63, 3.8) is 0 Å². The van der Waals surface area contributed by atoms with Crippen LogP contribution in [0.15, 0.2) is 0 Å². The fourth-order valence-electron chi connectivity index (χ4n) is 1.90. The van der Waals surface area contributed by atoms with E-state index in [9.17, 15) is 4.79 Å². The van der Waals surface area contributed by atoms with Crippen molar-refractivity contribution in [2.45, 2.75) is 71.8 Å². The Kier molecular flexibility index (Phi) is 4.62. The van der Waals surface area contributed by atoms with Gasteiger partial charge in [0.2, 0.25) is 0 Å². The topological polar surface area (TPSA) is 26.3 Å². The zero-order valence-corrected chi connectivity index (χ0v) is 10.3. The SMILES string of the molecule is CC(C)(C)CCC(=O)OC1CCCCC1. The molecule has 1 fully saturated rings. The molecule has 0 unspecified atom stereocenters. The molecule has 0 radical (unpaired) electrons. The van der Waals surface area contributed by atoms with Crippen LogP contribution in [0.1, 0.15) is 65.7 Å². The van der Waals surface area contributed by atoms with E-state index in [1.165, 1.54) is 19.3 Å². The van der Waals surface area contributed by atoms with Gasteiger partial charge in [-0.25, -0.2) is 0 Å². The summed E-state index contributed by atoms with van der Waals surface area (Å²) >= 11 is 0. The first kappa shape index (κ1) is 12.5. The fourth-order valence-corrected chi connectivity index (χ4v) is 1.90. The quantitative estimate of drug-likeness (QED) is 0.667. The molecule has 0 aromatic rings. The summed E-state index contributed by atoms with van der Waals surface area (Å²) in [6, 6.07) is 0. The van der Waals surface area contributed by atoms with Gasteiger partial charge in [-0.2, -0.15) is 0 Å². The van der Waals surface area contributed by atoms with E-state index < -0.39 is 0 Å². The van der Waals surface area contributed by atoms with Crippen molar-refractivity contribution < 1.29 is 9.53 Å². The third-order valence-electron chi connectivity index (χ3n) is 2.93. The van der Waals surface area contributed by atoms with Gasteiger partial charge in [0, 0.05) is 6.42 Å². The van der Waals surface area contributed by atoms with Gasteiger partial charge in [-0.3, -0.25) is 4.79 Å². The van der Waals surface area contributed by atoms with Crippen LogP contribution >= 0.6 is 0 Å². The first-order valence-corrected chi connectivity index (χ1v) is 6.17. The first-order chi connectivity index (χ1) is 6.97. The molecule has 1 aliphatic rings. The van der Waals surface area contributed by atoms with Crippen LogP contribution in [0.2, 0.25) is 0 Å². The average Bonchev–Trinajstić information content (AvgIpc) is 2.15. The molecule has 0 atom stereocenters. The van der Waals surface area contributed by atoms with Crippen LogP contribution in [0.3, 0.4) is 0 Å². The van der Waals surface area contributed by atoms with Crippen LogP contribution in [-0.4, -0.2) is 12.1 Å². The highest BCUT2D eigenvalue weighted by Gasteiger charge is 2.19. The van der Waals surface area contributed by atoms with E-state index in [-0.39, 0.29) is 17.5 Å². The third-order valence-corrected chi connectivity index (χ3v) is 2.93. The van der Waals surface area contributed by atoms with Crippen molar-refractivity contribution in [3.8, 4) is 0 Å². The molecule has 0 heterocycles. The third kappa shape index (κ3) is 5.81. The van der Waals surface area contributed by atoms with Crippen molar-refractivity contribution >= 4 is 5.97 Å². The highest BCUT2D eigenvalue weighted by molar-refractivity contribution is 5.69. The normalized spacial score (nSPS) is 18.9. The fraction of sp³-hybridized carbons (Fsp3) is 0.923.